The summed E-state index contributed by atoms with van der Waals surface area (Å²) in [6.07, 6.45) is -6.59. The summed E-state index contributed by atoms with van der Waals surface area (Å²) in [5.41, 5.74) is -3.46. The van der Waals surface area contributed by atoms with Gasteiger partial charge in [-0.25, -0.2) is 14.7 Å². The van der Waals surface area contributed by atoms with Crippen molar-refractivity contribution >= 4 is 18.0 Å². The molecule has 0 bridgehead atoms. The predicted molar refractivity (Wildman–Crippen MR) is 94.5 cm³/mol. The summed E-state index contributed by atoms with van der Waals surface area (Å²) in [6, 6.07) is 1.04. The van der Waals surface area contributed by atoms with Crippen molar-refractivity contribution in [3.63, 3.8) is 0 Å². The maximum atomic E-state index is 13.0. The van der Waals surface area contributed by atoms with Gasteiger partial charge in [0.1, 0.15) is 6.33 Å². The molecule has 1 aliphatic rings. The SMILES string of the molecule is CCN1C(=O)CCN1C(=O)/C=C\n1cnc(-c2cc(C(F)(F)F)cc(C(F)(F)F)c2)n1. The number of hydrogen-bond donors (Lipinski definition) is 0. The molecule has 0 aliphatic carbocycles. The molecule has 166 valence electrons. The maximum absolute atomic E-state index is 13.0. The zero-order chi connectivity index (χ0) is 23.0. The number of alkyl halides is 6. The fourth-order valence-corrected chi connectivity index (χ4v) is 2.95. The normalized spacial score (nSPS) is 15.4. The van der Waals surface area contributed by atoms with Gasteiger partial charge in [0.2, 0.25) is 5.91 Å². The van der Waals surface area contributed by atoms with Crippen LogP contribution < -0.4 is 0 Å². The van der Waals surface area contributed by atoms with Crippen LogP contribution in [0, 0.1) is 0 Å². The Balaban J connectivity index is 1.86. The Hall–Kier alpha value is -3.38. The third-order valence-corrected chi connectivity index (χ3v) is 4.39. The first-order valence-electron chi connectivity index (χ1n) is 8.91. The number of carbonyl (C=O) groups excluding carboxylic acids is 2. The van der Waals surface area contributed by atoms with Crippen molar-refractivity contribution < 1.29 is 35.9 Å². The average molecular weight is 447 g/mol. The highest BCUT2D eigenvalue weighted by molar-refractivity contribution is 5.93. The van der Waals surface area contributed by atoms with Crippen LogP contribution in [0.5, 0.6) is 0 Å². The highest BCUT2D eigenvalue weighted by Crippen LogP contribution is 2.38. The van der Waals surface area contributed by atoms with E-state index in [1.165, 1.54) is 10.0 Å². The fourth-order valence-electron chi connectivity index (χ4n) is 2.95. The van der Waals surface area contributed by atoms with Gasteiger partial charge in [-0.3, -0.25) is 14.6 Å². The van der Waals surface area contributed by atoms with Crippen LogP contribution in [0.4, 0.5) is 26.3 Å². The number of carbonyl (C=O) groups is 2. The number of nitrogens with zero attached hydrogens (tertiary/aromatic N) is 5. The number of halogens is 6. The van der Waals surface area contributed by atoms with Crippen LogP contribution in [0.2, 0.25) is 0 Å². The third kappa shape index (κ3) is 4.86. The predicted octanol–water partition coefficient (Wildman–Crippen LogP) is 3.45. The number of hydrazine groups is 1. The molecule has 1 fully saturated rings. The molecule has 1 aliphatic heterocycles. The van der Waals surface area contributed by atoms with Crippen LogP contribution >= 0.6 is 0 Å². The van der Waals surface area contributed by atoms with E-state index in [1.54, 1.807) is 6.92 Å². The van der Waals surface area contributed by atoms with Gasteiger partial charge in [0, 0.05) is 30.8 Å². The molecule has 0 atom stereocenters. The smallest absolute Gasteiger partial charge is 0.273 e. The zero-order valence-corrected chi connectivity index (χ0v) is 15.9. The lowest BCUT2D eigenvalue weighted by molar-refractivity contribution is -0.150. The van der Waals surface area contributed by atoms with E-state index >= 15 is 0 Å². The molecular weight excluding hydrogens is 432 g/mol. The Morgan fingerprint density at radius 1 is 1.10 bits per heavy atom. The van der Waals surface area contributed by atoms with Gasteiger partial charge in [-0.15, -0.1) is 5.10 Å². The Bertz CT molecular complexity index is 995. The van der Waals surface area contributed by atoms with Crippen LogP contribution in [-0.2, 0) is 21.9 Å². The molecule has 1 aromatic heterocycles. The first-order chi connectivity index (χ1) is 14.4. The fraction of sp³-hybridized carbons (Fsp3) is 0.333. The van der Waals surface area contributed by atoms with Gasteiger partial charge in [-0.05, 0) is 25.1 Å². The molecule has 2 heterocycles. The Labute approximate surface area is 171 Å². The molecule has 0 N–H and O–H groups in total. The minimum Gasteiger partial charge on any atom is -0.273 e. The second kappa shape index (κ2) is 8.04. The molecule has 31 heavy (non-hydrogen) atoms. The summed E-state index contributed by atoms with van der Waals surface area (Å²) >= 11 is 0. The van der Waals surface area contributed by atoms with E-state index in [-0.39, 0.29) is 30.8 Å². The summed E-state index contributed by atoms with van der Waals surface area (Å²) in [5, 5.41) is 6.30. The van der Waals surface area contributed by atoms with Gasteiger partial charge in [0.25, 0.3) is 5.91 Å². The van der Waals surface area contributed by atoms with Gasteiger partial charge in [-0.2, -0.15) is 26.3 Å². The van der Waals surface area contributed by atoms with Crippen LogP contribution in [-0.4, -0.2) is 49.7 Å². The van der Waals surface area contributed by atoms with Crippen molar-refractivity contribution in [3.05, 3.63) is 41.7 Å². The van der Waals surface area contributed by atoms with E-state index in [4.69, 9.17) is 0 Å². The average Bonchev–Trinajstić information content (AvgIpc) is 3.30. The van der Waals surface area contributed by atoms with Crippen molar-refractivity contribution in [2.75, 3.05) is 13.1 Å². The van der Waals surface area contributed by atoms with Gasteiger partial charge in [0.15, 0.2) is 5.82 Å². The quantitative estimate of drug-likeness (QED) is 0.532. The van der Waals surface area contributed by atoms with Crippen LogP contribution in [0.15, 0.2) is 30.6 Å². The highest BCUT2D eigenvalue weighted by Gasteiger charge is 2.37. The van der Waals surface area contributed by atoms with Crippen LogP contribution in [0.25, 0.3) is 17.6 Å². The second-order valence-electron chi connectivity index (χ2n) is 6.48. The van der Waals surface area contributed by atoms with Crippen molar-refractivity contribution in [3.8, 4) is 11.4 Å². The summed E-state index contributed by atoms with van der Waals surface area (Å²) < 4.78 is 79.0. The molecule has 7 nitrogen and oxygen atoms in total. The molecular formula is C18H15F6N5O2. The first kappa shape index (κ1) is 22.3. The van der Waals surface area contributed by atoms with Crippen LogP contribution in [0.1, 0.15) is 24.5 Å². The molecule has 2 amide bonds. The largest absolute Gasteiger partial charge is 0.416 e. The molecule has 0 saturated carbocycles. The molecule has 0 spiro atoms. The monoisotopic (exact) mass is 447 g/mol. The molecule has 2 aromatic rings. The Morgan fingerprint density at radius 3 is 2.26 bits per heavy atom. The minimum absolute atomic E-state index is 0.00981. The Kier molecular flexibility index (Phi) is 5.79. The lowest BCUT2D eigenvalue weighted by atomic mass is 10.0. The van der Waals surface area contributed by atoms with Gasteiger partial charge in [0.05, 0.1) is 17.7 Å². The second-order valence-corrected chi connectivity index (χ2v) is 6.48. The standard InChI is InChI=1S/C18H15F6N5O2/c1-2-28-14(30)4-6-29(28)15(31)3-5-27-10-25-16(26-27)11-7-12(17(19,20)21)9-13(8-11)18(22,23)24/h3,5,7-10H,2,4,6H2,1H3/b5-3-. The number of rotatable bonds is 4. The molecule has 1 saturated heterocycles. The number of amides is 2. The number of benzene rings is 1. The number of aromatic nitrogens is 3. The van der Waals surface area contributed by atoms with Crippen molar-refractivity contribution in [1.82, 2.24) is 24.8 Å². The summed E-state index contributed by atoms with van der Waals surface area (Å²) in [7, 11) is 0. The van der Waals surface area contributed by atoms with Gasteiger partial charge < -0.3 is 0 Å². The summed E-state index contributed by atoms with van der Waals surface area (Å²) in [5.74, 6) is -1.14. The minimum atomic E-state index is -5.00. The molecule has 0 unspecified atom stereocenters. The third-order valence-electron chi connectivity index (χ3n) is 4.39. The summed E-state index contributed by atoms with van der Waals surface area (Å²) in [4.78, 5) is 27.7. The molecule has 0 radical (unpaired) electrons. The topological polar surface area (TPSA) is 71.3 Å². The lowest BCUT2D eigenvalue weighted by Crippen LogP contribution is -2.42. The van der Waals surface area contributed by atoms with E-state index in [0.29, 0.717) is 18.7 Å². The molecule has 1 aromatic carbocycles. The summed E-state index contributed by atoms with van der Waals surface area (Å²) in [6.45, 7) is 2.19. The van der Waals surface area contributed by atoms with E-state index in [0.717, 1.165) is 23.3 Å². The van der Waals surface area contributed by atoms with E-state index < -0.39 is 35.0 Å². The van der Waals surface area contributed by atoms with E-state index in [1.807, 2.05) is 0 Å². The zero-order valence-electron chi connectivity index (χ0n) is 15.9. The van der Waals surface area contributed by atoms with Crippen molar-refractivity contribution in [1.29, 1.82) is 0 Å². The van der Waals surface area contributed by atoms with Crippen molar-refractivity contribution in [2.24, 2.45) is 0 Å². The molecule has 13 heteroatoms. The maximum Gasteiger partial charge on any atom is 0.416 e. The van der Waals surface area contributed by atoms with E-state index in [9.17, 15) is 35.9 Å². The Morgan fingerprint density at radius 2 is 1.71 bits per heavy atom. The van der Waals surface area contributed by atoms with Crippen LogP contribution in [0.3, 0.4) is 0 Å². The lowest BCUT2D eigenvalue weighted by Gasteiger charge is -2.25. The molecule has 3 rings (SSSR count). The first-order valence-corrected chi connectivity index (χ1v) is 8.91. The van der Waals surface area contributed by atoms with Gasteiger partial charge in [-0.1, -0.05) is 0 Å². The highest BCUT2D eigenvalue weighted by atomic mass is 19.4. The van der Waals surface area contributed by atoms with Crippen molar-refractivity contribution in [2.45, 2.75) is 25.7 Å². The number of hydrogen-bond acceptors (Lipinski definition) is 4. The van der Waals surface area contributed by atoms with E-state index in [2.05, 4.69) is 10.1 Å². The van der Waals surface area contributed by atoms with Gasteiger partial charge >= 0.3 is 12.4 Å².